The Bertz CT molecular complexity index is 1720. The predicted molar refractivity (Wildman–Crippen MR) is 184 cm³/mol. The minimum atomic E-state index is -0.657. The fourth-order valence-electron chi connectivity index (χ4n) is 4.54. The molecule has 246 valence electrons. The maximum absolute atomic E-state index is 12.8. The quantitative estimate of drug-likeness (QED) is 0.0861. The first-order chi connectivity index (χ1) is 22.6. The van der Waals surface area contributed by atoms with Crippen LogP contribution >= 0.6 is 39.7 Å². The van der Waals surface area contributed by atoms with E-state index < -0.39 is 23.9 Å². The number of carbonyl (C=O) groups is 3. The van der Waals surface area contributed by atoms with Gasteiger partial charge < -0.3 is 29.6 Å². The lowest BCUT2D eigenvalue weighted by Gasteiger charge is -2.30. The molecule has 47 heavy (non-hydrogen) atoms. The maximum atomic E-state index is 12.8. The van der Waals surface area contributed by atoms with Crippen molar-refractivity contribution in [1.29, 1.82) is 0 Å². The van der Waals surface area contributed by atoms with Gasteiger partial charge in [0.1, 0.15) is 18.1 Å². The number of hydrazone groups is 1. The van der Waals surface area contributed by atoms with Gasteiger partial charge in [0.2, 0.25) is 0 Å². The summed E-state index contributed by atoms with van der Waals surface area (Å²) in [6.45, 7) is 5.53. The molecule has 14 heteroatoms. The fraction of sp³-hybridized carbons (Fsp3) is 0.242. The minimum absolute atomic E-state index is 0.188. The van der Waals surface area contributed by atoms with Crippen molar-refractivity contribution < 1.29 is 33.3 Å². The smallest absolute Gasteiger partial charge is 0.338 e. The van der Waals surface area contributed by atoms with Gasteiger partial charge in [-0.3, -0.25) is 4.79 Å². The van der Waals surface area contributed by atoms with Gasteiger partial charge in [-0.15, -0.1) is 0 Å². The number of para-hydroxylation sites is 1. The van der Waals surface area contributed by atoms with Gasteiger partial charge in [-0.2, -0.15) is 5.10 Å². The number of ether oxygens (including phenoxy) is 4. The van der Waals surface area contributed by atoms with Gasteiger partial charge in [0.05, 0.1) is 41.1 Å². The molecule has 1 heterocycles. The third kappa shape index (κ3) is 9.53. The second kappa shape index (κ2) is 16.9. The molecule has 0 saturated heterocycles. The number of nitrogens with one attached hydrogen (secondary N) is 3. The number of rotatable bonds is 13. The highest BCUT2D eigenvalue weighted by atomic mass is 79.9. The van der Waals surface area contributed by atoms with Crippen LogP contribution in [0.1, 0.15) is 53.9 Å². The number of halogens is 2. The molecule has 0 aliphatic carbocycles. The fourth-order valence-corrected chi connectivity index (χ4v) is 5.76. The topological polar surface area (TPSA) is 137 Å². The lowest BCUT2D eigenvalue weighted by atomic mass is 9.95. The van der Waals surface area contributed by atoms with E-state index in [1.54, 1.807) is 81.4 Å². The molecule has 4 rings (SSSR count). The van der Waals surface area contributed by atoms with Crippen LogP contribution in [0.15, 0.2) is 81.5 Å². The van der Waals surface area contributed by atoms with Crippen LogP contribution in [0, 0.1) is 0 Å². The Balaban J connectivity index is 1.41. The maximum Gasteiger partial charge on any atom is 0.338 e. The van der Waals surface area contributed by atoms with Crippen LogP contribution in [0.5, 0.6) is 11.5 Å². The number of amides is 1. The van der Waals surface area contributed by atoms with E-state index in [4.69, 9.17) is 42.8 Å². The lowest BCUT2D eigenvalue weighted by Crippen LogP contribution is -2.45. The number of hydrogen-bond acceptors (Lipinski definition) is 9. The number of carbonyl (C=O) groups excluding carboxylic acids is 3. The summed E-state index contributed by atoms with van der Waals surface area (Å²) < 4.78 is 22.8. The van der Waals surface area contributed by atoms with Gasteiger partial charge in [-0.25, -0.2) is 15.0 Å². The Morgan fingerprint density at radius 1 is 1.02 bits per heavy atom. The first-order valence-electron chi connectivity index (χ1n) is 14.5. The van der Waals surface area contributed by atoms with Crippen molar-refractivity contribution in [2.45, 2.75) is 33.4 Å². The second-order valence-electron chi connectivity index (χ2n) is 9.92. The van der Waals surface area contributed by atoms with Crippen molar-refractivity contribution in [2.75, 3.05) is 19.8 Å². The van der Waals surface area contributed by atoms with Crippen molar-refractivity contribution >= 4 is 68.9 Å². The van der Waals surface area contributed by atoms with E-state index in [-0.39, 0.29) is 19.8 Å². The molecule has 1 atom stereocenters. The molecule has 1 aliphatic heterocycles. The molecule has 1 aliphatic rings. The Morgan fingerprint density at radius 3 is 2.45 bits per heavy atom. The normalized spacial score (nSPS) is 14.2. The van der Waals surface area contributed by atoms with Crippen LogP contribution in [0.3, 0.4) is 0 Å². The summed E-state index contributed by atoms with van der Waals surface area (Å²) in [5, 5.41) is 10.9. The standard InChI is InChI=1S/C33H32BrClN4O7S/c1-4-43-31(41)21-12-10-20(11-13-21)17-46-30-22(14-23(35)15-25(30)34)16-36-39-27(40)18-45-26-9-7-6-8-24(26)29-28(32(42)44-5-2)19(3)37-33(47)38-29/h6-16,29H,4-5,17-18H2,1-3H3,(H,39,40)(H2,37,38,47)/t29-/m0/s1. The van der Waals surface area contributed by atoms with E-state index in [9.17, 15) is 14.4 Å². The number of hydrogen-bond donors (Lipinski definition) is 3. The van der Waals surface area contributed by atoms with Gasteiger partial charge in [0, 0.05) is 21.8 Å². The molecule has 0 radical (unpaired) electrons. The molecule has 0 unspecified atom stereocenters. The molecule has 3 aromatic carbocycles. The third-order valence-corrected chi connectivity index (χ3v) is 7.66. The molecular formula is C33H32BrClN4O7S. The van der Waals surface area contributed by atoms with Crippen LogP contribution in [0.2, 0.25) is 5.02 Å². The average molecular weight is 744 g/mol. The van der Waals surface area contributed by atoms with E-state index in [2.05, 4.69) is 37.1 Å². The summed E-state index contributed by atoms with van der Waals surface area (Å²) in [4.78, 5) is 37.4. The summed E-state index contributed by atoms with van der Waals surface area (Å²) in [6.07, 6.45) is 1.40. The highest BCUT2D eigenvalue weighted by molar-refractivity contribution is 9.10. The number of allylic oxidation sites excluding steroid dienone is 1. The molecule has 0 saturated carbocycles. The summed E-state index contributed by atoms with van der Waals surface area (Å²) in [5.41, 5.74) is 5.71. The van der Waals surface area contributed by atoms with E-state index in [0.29, 0.717) is 60.7 Å². The van der Waals surface area contributed by atoms with Crippen molar-refractivity contribution in [3.8, 4) is 11.5 Å². The second-order valence-corrected chi connectivity index (χ2v) is 11.6. The minimum Gasteiger partial charge on any atom is -0.487 e. The molecule has 1 amide bonds. The van der Waals surface area contributed by atoms with E-state index in [1.807, 2.05) is 0 Å². The molecule has 3 N–H and O–H groups in total. The molecule has 11 nitrogen and oxygen atoms in total. The largest absolute Gasteiger partial charge is 0.487 e. The van der Waals surface area contributed by atoms with Crippen molar-refractivity contribution in [2.24, 2.45) is 5.10 Å². The van der Waals surface area contributed by atoms with Crippen molar-refractivity contribution in [3.63, 3.8) is 0 Å². The zero-order valence-electron chi connectivity index (χ0n) is 25.7. The van der Waals surface area contributed by atoms with Gasteiger partial charge in [0.25, 0.3) is 5.91 Å². The highest BCUT2D eigenvalue weighted by Gasteiger charge is 2.32. The van der Waals surface area contributed by atoms with Crippen LogP contribution in [-0.2, 0) is 25.7 Å². The molecule has 0 bridgehead atoms. The zero-order chi connectivity index (χ0) is 33.9. The number of benzene rings is 3. The zero-order valence-corrected chi connectivity index (χ0v) is 28.9. The van der Waals surface area contributed by atoms with Gasteiger partial charge in [-0.05, 0) is 84.8 Å². The van der Waals surface area contributed by atoms with Crippen LogP contribution in [0.4, 0.5) is 0 Å². The number of esters is 2. The van der Waals surface area contributed by atoms with Gasteiger partial charge in [0.15, 0.2) is 11.7 Å². The third-order valence-electron chi connectivity index (χ3n) is 6.63. The summed E-state index contributed by atoms with van der Waals surface area (Å²) in [7, 11) is 0. The van der Waals surface area contributed by atoms with Crippen molar-refractivity contribution in [3.05, 3.63) is 104 Å². The first-order valence-corrected chi connectivity index (χ1v) is 16.1. The Kier molecular flexibility index (Phi) is 12.7. The van der Waals surface area contributed by atoms with Crippen LogP contribution in [-0.4, -0.2) is 49.0 Å². The Labute approximate surface area is 290 Å². The number of thiocarbonyl (C=S) groups is 1. The predicted octanol–water partition coefficient (Wildman–Crippen LogP) is 5.74. The van der Waals surface area contributed by atoms with Crippen LogP contribution in [0.25, 0.3) is 0 Å². The SMILES string of the molecule is CCOC(=O)C1=C(C)NC(=S)N[C@H]1c1ccccc1OCC(=O)NN=Cc1cc(Cl)cc(Br)c1OCc1ccc(C(=O)OCC)cc1. The summed E-state index contributed by atoms with van der Waals surface area (Å²) in [5.74, 6) is -0.613. The number of nitrogens with zero attached hydrogens (tertiary/aromatic N) is 1. The van der Waals surface area contributed by atoms with Gasteiger partial charge >= 0.3 is 11.9 Å². The van der Waals surface area contributed by atoms with Crippen molar-refractivity contribution in [1.82, 2.24) is 16.1 Å². The molecule has 0 spiro atoms. The highest BCUT2D eigenvalue weighted by Crippen LogP contribution is 2.34. The summed E-state index contributed by atoms with van der Waals surface area (Å²) in [6, 6.07) is 16.5. The summed E-state index contributed by atoms with van der Waals surface area (Å²) >= 11 is 15.1. The first kappa shape index (κ1) is 35.4. The lowest BCUT2D eigenvalue weighted by molar-refractivity contribution is -0.139. The van der Waals surface area contributed by atoms with Crippen LogP contribution < -0.4 is 25.5 Å². The molecule has 3 aromatic rings. The van der Waals surface area contributed by atoms with E-state index >= 15 is 0 Å². The molecule has 0 aromatic heterocycles. The Morgan fingerprint density at radius 2 is 1.72 bits per heavy atom. The van der Waals surface area contributed by atoms with E-state index in [1.165, 1.54) is 6.21 Å². The van der Waals surface area contributed by atoms with E-state index in [0.717, 1.165) is 5.56 Å². The molecular weight excluding hydrogens is 712 g/mol. The Hall–Kier alpha value is -4.46. The van der Waals surface area contributed by atoms with Gasteiger partial charge in [-0.1, -0.05) is 41.9 Å². The average Bonchev–Trinajstić information content (AvgIpc) is 3.03. The monoisotopic (exact) mass is 742 g/mol. The molecule has 0 fully saturated rings.